The van der Waals surface area contributed by atoms with Crippen LogP contribution in [-0.2, 0) is 6.54 Å². The second-order valence-corrected chi connectivity index (χ2v) is 7.60. The van der Waals surface area contributed by atoms with E-state index in [-0.39, 0.29) is 23.6 Å². The van der Waals surface area contributed by atoms with Crippen molar-refractivity contribution in [1.29, 1.82) is 0 Å². The number of thioether (sulfide) groups is 1. The van der Waals surface area contributed by atoms with Gasteiger partial charge in [-0.05, 0) is 36.4 Å². The van der Waals surface area contributed by atoms with Gasteiger partial charge in [0.15, 0.2) is 10.9 Å². The van der Waals surface area contributed by atoms with Crippen molar-refractivity contribution < 1.29 is 18.7 Å². The molecule has 2 aromatic heterocycles. The number of furan rings is 1. The van der Waals surface area contributed by atoms with Crippen LogP contribution in [0.15, 0.2) is 75.2 Å². The molecule has 7 nitrogen and oxygen atoms in total. The highest BCUT2D eigenvalue weighted by atomic mass is 32.2. The molecule has 0 radical (unpaired) electrons. The first-order valence-corrected chi connectivity index (χ1v) is 10.5. The number of ether oxygens (including phenoxy) is 2. The van der Waals surface area contributed by atoms with Gasteiger partial charge in [-0.2, -0.15) is 0 Å². The fraction of sp³-hybridized carbons (Fsp3) is 0.174. The summed E-state index contributed by atoms with van der Waals surface area (Å²) >= 11 is 1.20. The third-order valence-corrected chi connectivity index (χ3v) is 5.74. The zero-order chi connectivity index (χ0) is 21.8. The van der Waals surface area contributed by atoms with Gasteiger partial charge in [-0.1, -0.05) is 23.9 Å². The van der Waals surface area contributed by atoms with E-state index in [0.717, 1.165) is 0 Å². The molecule has 0 fully saturated rings. The monoisotopic (exact) mass is 436 g/mol. The highest BCUT2D eigenvalue weighted by Crippen LogP contribution is 2.27. The lowest BCUT2D eigenvalue weighted by Crippen LogP contribution is -2.24. The second kappa shape index (κ2) is 9.09. The van der Waals surface area contributed by atoms with E-state index in [1.807, 2.05) is 6.07 Å². The van der Waals surface area contributed by atoms with Gasteiger partial charge in [0, 0.05) is 6.07 Å². The Labute approximate surface area is 182 Å². The van der Waals surface area contributed by atoms with Gasteiger partial charge in [0.1, 0.15) is 17.3 Å². The molecule has 0 atom stereocenters. The van der Waals surface area contributed by atoms with Gasteiger partial charge < -0.3 is 13.9 Å². The fourth-order valence-electron chi connectivity index (χ4n) is 3.19. The molecule has 0 aliphatic rings. The molecule has 0 N–H and O–H groups in total. The summed E-state index contributed by atoms with van der Waals surface area (Å²) in [5, 5.41) is 0.961. The summed E-state index contributed by atoms with van der Waals surface area (Å²) in [6.45, 7) is 0.228. The number of carbonyl (C=O) groups is 1. The van der Waals surface area contributed by atoms with Crippen LogP contribution >= 0.6 is 11.8 Å². The first kappa shape index (κ1) is 20.7. The van der Waals surface area contributed by atoms with Gasteiger partial charge in [0.05, 0.1) is 49.2 Å². The number of benzene rings is 2. The highest BCUT2D eigenvalue weighted by molar-refractivity contribution is 7.99. The van der Waals surface area contributed by atoms with Crippen molar-refractivity contribution in [3.63, 3.8) is 0 Å². The highest BCUT2D eigenvalue weighted by Gasteiger charge is 2.17. The lowest BCUT2D eigenvalue weighted by molar-refractivity contribution is 0.101. The molecule has 0 spiro atoms. The third-order valence-electron chi connectivity index (χ3n) is 4.76. The van der Waals surface area contributed by atoms with Crippen molar-refractivity contribution in [2.45, 2.75) is 11.7 Å². The smallest absolute Gasteiger partial charge is 0.262 e. The number of nitrogens with zero attached hydrogens (tertiary/aromatic N) is 2. The van der Waals surface area contributed by atoms with E-state index in [0.29, 0.717) is 38.9 Å². The summed E-state index contributed by atoms with van der Waals surface area (Å²) in [6, 6.07) is 15.8. The molecule has 0 bridgehead atoms. The minimum atomic E-state index is -0.182. The molecule has 0 saturated heterocycles. The summed E-state index contributed by atoms with van der Waals surface area (Å²) in [5.74, 6) is 1.61. The van der Waals surface area contributed by atoms with Gasteiger partial charge >= 0.3 is 0 Å². The van der Waals surface area contributed by atoms with Gasteiger partial charge in [0.2, 0.25) is 0 Å². The Morgan fingerprint density at radius 2 is 1.94 bits per heavy atom. The Hall–Kier alpha value is -3.52. The standard InChI is InChI=1S/C23H20N2O5S/c1-28-15-9-10-18(21(12-15)29-2)20(26)14-31-23-24-19-8-4-3-7-17(19)22(27)25(23)13-16-6-5-11-30-16/h3-12H,13-14H2,1-2H3. The predicted octanol–water partition coefficient (Wildman–Crippen LogP) is 4.03. The number of ketones is 1. The maximum atomic E-state index is 13.1. The van der Waals surface area contributed by atoms with Crippen molar-refractivity contribution in [3.05, 3.63) is 82.5 Å². The van der Waals surface area contributed by atoms with Crippen molar-refractivity contribution in [1.82, 2.24) is 9.55 Å². The number of hydrogen-bond acceptors (Lipinski definition) is 7. The lowest BCUT2D eigenvalue weighted by atomic mass is 10.1. The van der Waals surface area contributed by atoms with Crippen LogP contribution in [0.2, 0.25) is 0 Å². The number of rotatable bonds is 8. The number of methoxy groups -OCH3 is 2. The van der Waals surface area contributed by atoms with Crippen LogP contribution in [0.4, 0.5) is 0 Å². The maximum Gasteiger partial charge on any atom is 0.262 e. The van der Waals surface area contributed by atoms with Crippen molar-refractivity contribution in [2.75, 3.05) is 20.0 Å². The summed E-state index contributed by atoms with van der Waals surface area (Å²) in [4.78, 5) is 30.6. The molecule has 8 heteroatoms. The van der Waals surface area contributed by atoms with E-state index in [2.05, 4.69) is 4.98 Å². The number of aromatic nitrogens is 2. The quantitative estimate of drug-likeness (QED) is 0.234. The normalized spacial score (nSPS) is 10.9. The summed E-state index contributed by atoms with van der Waals surface area (Å²) < 4.78 is 17.5. The molecule has 4 aromatic rings. The average molecular weight is 436 g/mol. The van der Waals surface area contributed by atoms with Crippen molar-refractivity contribution in [2.24, 2.45) is 0 Å². The summed E-state index contributed by atoms with van der Waals surface area (Å²) in [5.41, 5.74) is 0.843. The molecule has 0 saturated carbocycles. The SMILES string of the molecule is COc1ccc(C(=O)CSc2nc3ccccc3c(=O)n2Cc2ccco2)c(OC)c1. The fourth-order valence-corrected chi connectivity index (χ4v) is 4.07. The van der Waals surface area contributed by atoms with Gasteiger partial charge in [-0.25, -0.2) is 4.98 Å². The van der Waals surface area contributed by atoms with Crippen LogP contribution < -0.4 is 15.0 Å². The Balaban J connectivity index is 1.66. The van der Waals surface area contributed by atoms with Gasteiger partial charge in [-0.15, -0.1) is 0 Å². The molecule has 0 aliphatic heterocycles. The number of hydrogen-bond donors (Lipinski definition) is 0. The minimum Gasteiger partial charge on any atom is -0.497 e. The maximum absolute atomic E-state index is 13.1. The Morgan fingerprint density at radius 1 is 1.10 bits per heavy atom. The van der Waals surface area contributed by atoms with E-state index in [1.165, 1.54) is 23.4 Å². The number of fused-ring (bicyclic) bond motifs is 1. The molecule has 0 aliphatic carbocycles. The second-order valence-electron chi connectivity index (χ2n) is 6.66. The molecule has 158 valence electrons. The average Bonchev–Trinajstić information content (AvgIpc) is 3.32. The number of para-hydroxylation sites is 1. The Kier molecular flexibility index (Phi) is 6.08. The van der Waals surface area contributed by atoms with Crippen molar-refractivity contribution in [3.8, 4) is 11.5 Å². The van der Waals surface area contributed by atoms with Crippen LogP contribution in [0.1, 0.15) is 16.1 Å². The van der Waals surface area contributed by atoms with Crippen molar-refractivity contribution >= 4 is 28.4 Å². The van der Waals surface area contributed by atoms with Crippen LogP contribution in [0.5, 0.6) is 11.5 Å². The zero-order valence-corrected chi connectivity index (χ0v) is 17.8. The number of Topliss-reactive ketones (excluding diaryl/α,β-unsaturated/α-hetero) is 1. The Bertz CT molecular complexity index is 1280. The summed E-state index contributed by atoms with van der Waals surface area (Å²) in [6.07, 6.45) is 1.56. The predicted molar refractivity (Wildman–Crippen MR) is 118 cm³/mol. The van der Waals surface area contributed by atoms with E-state index in [9.17, 15) is 9.59 Å². The van der Waals surface area contributed by atoms with Crippen LogP contribution in [0.25, 0.3) is 10.9 Å². The van der Waals surface area contributed by atoms with E-state index in [4.69, 9.17) is 13.9 Å². The van der Waals surface area contributed by atoms with Crippen LogP contribution in [0, 0.1) is 0 Å². The first-order valence-electron chi connectivity index (χ1n) is 9.50. The molecule has 4 rings (SSSR count). The summed E-state index contributed by atoms with van der Waals surface area (Å²) in [7, 11) is 3.06. The molecule has 0 amide bonds. The zero-order valence-electron chi connectivity index (χ0n) is 17.0. The lowest BCUT2D eigenvalue weighted by Gasteiger charge is -2.13. The number of carbonyl (C=O) groups excluding carboxylic acids is 1. The van der Waals surface area contributed by atoms with E-state index >= 15 is 0 Å². The van der Waals surface area contributed by atoms with E-state index < -0.39 is 0 Å². The largest absolute Gasteiger partial charge is 0.497 e. The van der Waals surface area contributed by atoms with Gasteiger partial charge in [-0.3, -0.25) is 14.2 Å². The van der Waals surface area contributed by atoms with Crippen LogP contribution in [-0.4, -0.2) is 35.3 Å². The first-order chi connectivity index (χ1) is 15.1. The molecule has 0 unspecified atom stereocenters. The minimum absolute atomic E-state index is 0.0889. The molecular formula is C23H20N2O5S. The van der Waals surface area contributed by atoms with E-state index in [1.54, 1.807) is 61.9 Å². The third kappa shape index (κ3) is 4.34. The molecule has 2 aromatic carbocycles. The molecule has 31 heavy (non-hydrogen) atoms. The van der Waals surface area contributed by atoms with Gasteiger partial charge in [0.25, 0.3) is 5.56 Å². The Morgan fingerprint density at radius 3 is 2.68 bits per heavy atom. The van der Waals surface area contributed by atoms with Crippen LogP contribution in [0.3, 0.4) is 0 Å². The topological polar surface area (TPSA) is 83.6 Å². The molecule has 2 heterocycles. The molecular weight excluding hydrogens is 416 g/mol.